The van der Waals surface area contributed by atoms with E-state index in [1.807, 2.05) is 0 Å². The van der Waals surface area contributed by atoms with E-state index in [4.69, 9.17) is 0 Å². The monoisotopic (exact) mass is 255 g/mol. The van der Waals surface area contributed by atoms with Gasteiger partial charge < -0.3 is 4.74 Å². The number of esters is 1. The van der Waals surface area contributed by atoms with Gasteiger partial charge in [-0.3, -0.25) is 10.1 Å². The molecule has 0 heterocycles. The lowest BCUT2D eigenvalue weighted by Crippen LogP contribution is -2.53. The van der Waals surface area contributed by atoms with E-state index in [-0.39, 0.29) is 5.92 Å². The van der Waals surface area contributed by atoms with Crippen LogP contribution in [0.15, 0.2) is 0 Å². The maximum absolute atomic E-state index is 12.8. The van der Waals surface area contributed by atoms with Crippen LogP contribution >= 0.6 is 0 Å². The third kappa shape index (κ3) is 4.93. The van der Waals surface area contributed by atoms with E-state index in [2.05, 4.69) is 10.1 Å². The minimum atomic E-state index is -4.38. The Kier molecular flexibility index (Phi) is 5.95. The van der Waals surface area contributed by atoms with Gasteiger partial charge in [0.15, 0.2) is 0 Å². The zero-order chi connectivity index (χ0) is 13.8. The maximum atomic E-state index is 12.8. The summed E-state index contributed by atoms with van der Waals surface area (Å²) in [5.41, 5.74) is 0. The standard InChI is InChI=1S/C11H20F3NO2/c1-6(2)7(3)9(11(12,13)14)15-8(4)10(16)17-5/h6-9,15H,1-5H3/t7-,8?,9-/m0/s1. The SMILES string of the molecule is COC(=O)C(C)N[C@@H]([C@@H](C)C(C)C)C(F)(F)F. The van der Waals surface area contributed by atoms with Gasteiger partial charge in [-0.25, -0.2) is 0 Å². The van der Waals surface area contributed by atoms with Crippen LogP contribution < -0.4 is 5.32 Å². The Bertz CT molecular complexity index is 254. The minimum Gasteiger partial charge on any atom is -0.468 e. The number of hydrogen-bond acceptors (Lipinski definition) is 3. The van der Waals surface area contributed by atoms with E-state index in [9.17, 15) is 18.0 Å². The first-order valence-electron chi connectivity index (χ1n) is 5.51. The first kappa shape index (κ1) is 16.2. The van der Waals surface area contributed by atoms with E-state index in [0.29, 0.717) is 0 Å². The van der Waals surface area contributed by atoms with Crippen molar-refractivity contribution < 1.29 is 22.7 Å². The van der Waals surface area contributed by atoms with E-state index in [0.717, 1.165) is 7.11 Å². The second kappa shape index (κ2) is 6.23. The first-order valence-corrected chi connectivity index (χ1v) is 5.51. The molecular formula is C11H20F3NO2. The second-order valence-corrected chi connectivity index (χ2v) is 4.53. The molecule has 0 fully saturated rings. The van der Waals surface area contributed by atoms with Gasteiger partial charge in [-0.1, -0.05) is 20.8 Å². The predicted octanol–water partition coefficient (Wildman–Crippen LogP) is 2.36. The van der Waals surface area contributed by atoms with Crippen LogP contribution in [0.1, 0.15) is 27.7 Å². The van der Waals surface area contributed by atoms with Gasteiger partial charge >= 0.3 is 12.1 Å². The molecule has 0 aromatic carbocycles. The van der Waals surface area contributed by atoms with Crippen molar-refractivity contribution in [3.05, 3.63) is 0 Å². The number of rotatable bonds is 5. The molecule has 0 radical (unpaired) electrons. The average Bonchev–Trinajstić information content (AvgIpc) is 2.21. The fourth-order valence-electron chi connectivity index (χ4n) is 1.44. The molecule has 0 amide bonds. The van der Waals surface area contributed by atoms with Gasteiger partial charge in [-0.15, -0.1) is 0 Å². The Labute approximate surface area is 99.7 Å². The molecular weight excluding hydrogens is 235 g/mol. The smallest absolute Gasteiger partial charge is 0.404 e. The van der Waals surface area contributed by atoms with Gasteiger partial charge in [-0.05, 0) is 18.8 Å². The topological polar surface area (TPSA) is 38.3 Å². The summed E-state index contributed by atoms with van der Waals surface area (Å²) >= 11 is 0. The largest absolute Gasteiger partial charge is 0.468 e. The Morgan fingerprint density at radius 1 is 1.18 bits per heavy atom. The van der Waals surface area contributed by atoms with Crippen LogP contribution in [-0.4, -0.2) is 31.3 Å². The molecule has 0 aliphatic rings. The number of carbonyl (C=O) groups is 1. The van der Waals surface area contributed by atoms with E-state index in [1.165, 1.54) is 13.8 Å². The molecule has 17 heavy (non-hydrogen) atoms. The zero-order valence-electron chi connectivity index (χ0n) is 10.8. The lowest BCUT2D eigenvalue weighted by atomic mass is 9.89. The Balaban J connectivity index is 4.79. The van der Waals surface area contributed by atoms with Crippen molar-refractivity contribution in [2.75, 3.05) is 7.11 Å². The third-order valence-corrected chi connectivity index (χ3v) is 2.91. The second-order valence-electron chi connectivity index (χ2n) is 4.53. The summed E-state index contributed by atoms with van der Waals surface area (Å²) in [7, 11) is 1.15. The summed E-state index contributed by atoms with van der Waals surface area (Å²) in [6.07, 6.45) is -4.38. The van der Waals surface area contributed by atoms with Crippen molar-refractivity contribution in [2.45, 2.75) is 46.0 Å². The molecule has 3 nitrogen and oxygen atoms in total. The molecule has 0 aliphatic carbocycles. The first-order chi connectivity index (χ1) is 7.61. The summed E-state index contributed by atoms with van der Waals surface area (Å²) in [6, 6.07) is -2.69. The van der Waals surface area contributed by atoms with Crippen molar-refractivity contribution in [1.82, 2.24) is 5.32 Å². The number of halogens is 3. The zero-order valence-corrected chi connectivity index (χ0v) is 10.8. The highest BCUT2D eigenvalue weighted by molar-refractivity contribution is 5.75. The number of hydrogen-bond donors (Lipinski definition) is 1. The molecule has 0 spiro atoms. The lowest BCUT2D eigenvalue weighted by molar-refractivity contribution is -0.174. The number of carbonyl (C=O) groups excluding carboxylic acids is 1. The molecule has 1 unspecified atom stereocenters. The summed E-state index contributed by atoms with van der Waals surface area (Å²) in [4.78, 5) is 11.1. The van der Waals surface area contributed by atoms with Gasteiger partial charge in [-0.2, -0.15) is 13.2 Å². The predicted molar refractivity (Wildman–Crippen MR) is 58.5 cm³/mol. The highest BCUT2D eigenvalue weighted by atomic mass is 19.4. The molecule has 0 aliphatic heterocycles. The van der Waals surface area contributed by atoms with E-state index in [1.54, 1.807) is 13.8 Å². The fraction of sp³-hybridized carbons (Fsp3) is 0.909. The van der Waals surface area contributed by atoms with Gasteiger partial charge in [0.2, 0.25) is 0 Å². The number of methoxy groups -OCH3 is 1. The summed E-state index contributed by atoms with van der Waals surface area (Å²) in [6.45, 7) is 6.30. The van der Waals surface area contributed by atoms with E-state index < -0.39 is 30.1 Å². The van der Waals surface area contributed by atoms with Gasteiger partial charge in [0.25, 0.3) is 0 Å². The van der Waals surface area contributed by atoms with Crippen molar-refractivity contribution >= 4 is 5.97 Å². The highest BCUT2D eigenvalue weighted by Crippen LogP contribution is 2.29. The summed E-state index contributed by atoms with van der Waals surface area (Å²) < 4.78 is 42.9. The van der Waals surface area contributed by atoms with Crippen LogP contribution in [0.5, 0.6) is 0 Å². The number of ether oxygens (including phenoxy) is 1. The summed E-state index contributed by atoms with van der Waals surface area (Å²) in [5, 5.41) is 2.29. The third-order valence-electron chi connectivity index (χ3n) is 2.91. The molecule has 0 bridgehead atoms. The molecule has 6 heteroatoms. The van der Waals surface area contributed by atoms with Crippen LogP contribution in [0.3, 0.4) is 0 Å². The molecule has 1 N–H and O–H groups in total. The van der Waals surface area contributed by atoms with Crippen LogP contribution in [-0.2, 0) is 9.53 Å². The molecule has 0 saturated heterocycles. The highest BCUT2D eigenvalue weighted by Gasteiger charge is 2.45. The summed E-state index contributed by atoms with van der Waals surface area (Å²) in [5.74, 6) is -1.46. The minimum absolute atomic E-state index is 0.140. The lowest BCUT2D eigenvalue weighted by Gasteiger charge is -2.31. The van der Waals surface area contributed by atoms with Crippen LogP contribution in [0.2, 0.25) is 0 Å². The van der Waals surface area contributed by atoms with Crippen molar-refractivity contribution in [1.29, 1.82) is 0 Å². The molecule has 0 aromatic rings. The molecule has 0 saturated carbocycles. The average molecular weight is 255 g/mol. The van der Waals surface area contributed by atoms with Gasteiger partial charge in [0, 0.05) is 0 Å². The quantitative estimate of drug-likeness (QED) is 0.766. The Hall–Kier alpha value is -0.780. The van der Waals surface area contributed by atoms with E-state index >= 15 is 0 Å². The normalized spacial score (nSPS) is 17.7. The van der Waals surface area contributed by atoms with Crippen LogP contribution in [0.25, 0.3) is 0 Å². The van der Waals surface area contributed by atoms with Crippen molar-refractivity contribution in [3.63, 3.8) is 0 Å². The molecule has 102 valence electrons. The van der Waals surface area contributed by atoms with Crippen molar-refractivity contribution in [3.8, 4) is 0 Å². The number of nitrogens with one attached hydrogen (secondary N) is 1. The Morgan fingerprint density at radius 2 is 1.65 bits per heavy atom. The van der Waals surface area contributed by atoms with Crippen LogP contribution in [0.4, 0.5) is 13.2 Å². The fourth-order valence-corrected chi connectivity index (χ4v) is 1.44. The van der Waals surface area contributed by atoms with Gasteiger partial charge in [0.05, 0.1) is 7.11 Å². The van der Waals surface area contributed by atoms with Crippen molar-refractivity contribution in [2.24, 2.45) is 11.8 Å². The number of alkyl halides is 3. The van der Waals surface area contributed by atoms with Crippen LogP contribution in [0, 0.1) is 11.8 Å². The van der Waals surface area contributed by atoms with Gasteiger partial charge in [0.1, 0.15) is 12.1 Å². The maximum Gasteiger partial charge on any atom is 0.404 e. The molecule has 0 aromatic heterocycles. The molecule has 0 rings (SSSR count). The Morgan fingerprint density at radius 3 is 1.94 bits per heavy atom. The molecule has 3 atom stereocenters.